The van der Waals surface area contributed by atoms with E-state index >= 15 is 0 Å². The van der Waals surface area contributed by atoms with Crippen LogP contribution in [0.1, 0.15) is 25.5 Å². The molecule has 0 spiro atoms. The summed E-state index contributed by atoms with van der Waals surface area (Å²) in [4.78, 5) is 0. The standard InChI is InChI=1S/C11H16Br2O/c1-2-5-11(8-12,9-13)7-10-4-3-6-14-10/h3-4,6H,2,5,7-9H2,1H3. The maximum absolute atomic E-state index is 5.40. The van der Waals surface area contributed by atoms with E-state index in [0.717, 1.165) is 22.8 Å². The fourth-order valence-corrected chi connectivity index (χ4v) is 3.55. The van der Waals surface area contributed by atoms with Crippen molar-refractivity contribution in [1.82, 2.24) is 0 Å². The quantitative estimate of drug-likeness (QED) is 0.707. The molecule has 0 aromatic carbocycles. The summed E-state index contributed by atoms with van der Waals surface area (Å²) in [6.45, 7) is 2.22. The highest BCUT2D eigenvalue weighted by Gasteiger charge is 2.28. The van der Waals surface area contributed by atoms with Crippen LogP contribution in [0.3, 0.4) is 0 Å². The van der Waals surface area contributed by atoms with Gasteiger partial charge in [-0.05, 0) is 24.0 Å². The summed E-state index contributed by atoms with van der Waals surface area (Å²) in [5.41, 5.74) is 0.298. The van der Waals surface area contributed by atoms with Crippen LogP contribution in [0.5, 0.6) is 0 Å². The Morgan fingerprint density at radius 1 is 1.36 bits per heavy atom. The van der Waals surface area contributed by atoms with Gasteiger partial charge in [-0.25, -0.2) is 0 Å². The van der Waals surface area contributed by atoms with Gasteiger partial charge in [-0.1, -0.05) is 45.2 Å². The predicted molar refractivity (Wildman–Crippen MR) is 67.3 cm³/mol. The van der Waals surface area contributed by atoms with E-state index < -0.39 is 0 Å². The van der Waals surface area contributed by atoms with Gasteiger partial charge in [0, 0.05) is 17.1 Å². The minimum Gasteiger partial charge on any atom is -0.469 e. The molecule has 1 aromatic rings. The molecule has 0 radical (unpaired) electrons. The van der Waals surface area contributed by atoms with Crippen LogP contribution >= 0.6 is 31.9 Å². The summed E-state index contributed by atoms with van der Waals surface area (Å²) in [6.07, 6.45) is 5.17. The largest absolute Gasteiger partial charge is 0.469 e. The van der Waals surface area contributed by atoms with Gasteiger partial charge >= 0.3 is 0 Å². The topological polar surface area (TPSA) is 13.1 Å². The highest BCUT2D eigenvalue weighted by atomic mass is 79.9. The van der Waals surface area contributed by atoms with E-state index in [-0.39, 0.29) is 0 Å². The van der Waals surface area contributed by atoms with Crippen LogP contribution in [0.2, 0.25) is 0 Å². The van der Waals surface area contributed by atoms with Crippen molar-refractivity contribution in [3.05, 3.63) is 24.2 Å². The molecule has 0 aliphatic rings. The molecular weight excluding hydrogens is 308 g/mol. The van der Waals surface area contributed by atoms with Crippen molar-refractivity contribution < 1.29 is 4.42 Å². The molecule has 0 atom stereocenters. The van der Waals surface area contributed by atoms with E-state index in [4.69, 9.17) is 4.42 Å². The zero-order chi connectivity index (χ0) is 10.4. The number of furan rings is 1. The molecule has 3 heteroatoms. The van der Waals surface area contributed by atoms with Crippen LogP contribution in [0.15, 0.2) is 22.8 Å². The van der Waals surface area contributed by atoms with Gasteiger partial charge in [0.25, 0.3) is 0 Å². The fraction of sp³-hybridized carbons (Fsp3) is 0.636. The van der Waals surface area contributed by atoms with Gasteiger partial charge in [0.05, 0.1) is 6.26 Å². The van der Waals surface area contributed by atoms with Gasteiger partial charge in [-0.3, -0.25) is 0 Å². The van der Waals surface area contributed by atoms with Crippen molar-refractivity contribution in [2.45, 2.75) is 26.2 Å². The molecule has 0 aliphatic heterocycles. The highest BCUT2D eigenvalue weighted by molar-refractivity contribution is 9.09. The number of hydrogen-bond donors (Lipinski definition) is 0. The molecule has 0 aliphatic carbocycles. The van der Waals surface area contributed by atoms with Gasteiger partial charge in [0.1, 0.15) is 5.76 Å². The summed E-state index contributed by atoms with van der Waals surface area (Å²) >= 11 is 7.22. The summed E-state index contributed by atoms with van der Waals surface area (Å²) in [6, 6.07) is 4.00. The average molecular weight is 324 g/mol. The maximum atomic E-state index is 5.40. The molecule has 1 rings (SSSR count). The number of halogens is 2. The Bertz CT molecular complexity index is 240. The van der Waals surface area contributed by atoms with Crippen LogP contribution in [0, 0.1) is 5.41 Å². The van der Waals surface area contributed by atoms with E-state index in [1.807, 2.05) is 6.07 Å². The van der Waals surface area contributed by atoms with Crippen LogP contribution in [-0.4, -0.2) is 10.7 Å². The molecule has 0 saturated heterocycles. The monoisotopic (exact) mass is 322 g/mol. The van der Waals surface area contributed by atoms with Crippen molar-refractivity contribution >= 4 is 31.9 Å². The first-order valence-electron chi connectivity index (χ1n) is 4.90. The maximum Gasteiger partial charge on any atom is 0.104 e. The third kappa shape index (κ3) is 3.13. The first kappa shape index (κ1) is 12.3. The Kier molecular flexibility index (Phi) is 5.24. The van der Waals surface area contributed by atoms with Gasteiger partial charge in [0.15, 0.2) is 0 Å². The van der Waals surface area contributed by atoms with E-state index in [2.05, 4.69) is 44.8 Å². The first-order valence-corrected chi connectivity index (χ1v) is 7.15. The summed E-state index contributed by atoms with van der Waals surface area (Å²) in [5, 5.41) is 2.03. The summed E-state index contributed by atoms with van der Waals surface area (Å²) < 4.78 is 5.40. The lowest BCUT2D eigenvalue weighted by molar-refractivity contribution is 0.320. The van der Waals surface area contributed by atoms with Crippen molar-refractivity contribution in [2.24, 2.45) is 5.41 Å². The zero-order valence-corrected chi connectivity index (χ0v) is 11.6. The Balaban J connectivity index is 2.67. The normalized spacial score (nSPS) is 11.9. The number of alkyl halides is 2. The lowest BCUT2D eigenvalue weighted by atomic mass is 9.83. The average Bonchev–Trinajstić information content (AvgIpc) is 2.69. The van der Waals surface area contributed by atoms with E-state index in [1.165, 1.54) is 12.8 Å². The van der Waals surface area contributed by atoms with Crippen molar-refractivity contribution in [1.29, 1.82) is 0 Å². The van der Waals surface area contributed by atoms with Crippen LogP contribution in [0.4, 0.5) is 0 Å². The molecule has 80 valence electrons. The third-order valence-electron chi connectivity index (χ3n) is 2.48. The van der Waals surface area contributed by atoms with Gasteiger partial charge in [0.2, 0.25) is 0 Å². The summed E-state index contributed by atoms with van der Waals surface area (Å²) in [5.74, 6) is 1.08. The SMILES string of the molecule is CCCC(CBr)(CBr)Cc1ccco1. The Hall–Kier alpha value is 0.240. The zero-order valence-electron chi connectivity index (χ0n) is 8.43. The second kappa shape index (κ2) is 5.96. The van der Waals surface area contributed by atoms with E-state index in [1.54, 1.807) is 6.26 Å². The minimum absolute atomic E-state index is 0.298. The Morgan fingerprint density at radius 3 is 2.50 bits per heavy atom. The van der Waals surface area contributed by atoms with Crippen LogP contribution < -0.4 is 0 Å². The van der Waals surface area contributed by atoms with Crippen molar-refractivity contribution in [3.8, 4) is 0 Å². The Labute approximate surface area is 103 Å². The second-order valence-corrected chi connectivity index (χ2v) is 4.89. The molecule has 0 amide bonds. The lowest BCUT2D eigenvalue weighted by Gasteiger charge is -2.28. The van der Waals surface area contributed by atoms with Crippen molar-refractivity contribution in [3.63, 3.8) is 0 Å². The molecular formula is C11H16Br2O. The van der Waals surface area contributed by atoms with Gasteiger partial charge in [-0.2, -0.15) is 0 Å². The fourth-order valence-electron chi connectivity index (χ4n) is 1.67. The van der Waals surface area contributed by atoms with Gasteiger partial charge < -0.3 is 4.42 Å². The van der Waals surface area contributed by atoms with Crippen molar-refractivity contribution in [2.75, 3.05) is 10.7 Å². The lowest BCUT2D eigenvalue weighted by Crippen LogP contribution is -2.27. The Morgan fingerprint density at radius 2 is 2.07 bits per heavy atom. The van der Waals surface area contributed by atoms with E-state index in [9.17, 15) is 0 Å². The molecule has 0 unspecified atom stereocenters. The second-order valence-electron chi connectivity index (χ2n) is 3.77. The molecule has 1 aromatic heterocycles. The first-order chi connectivity index (χ1) is 6.76. The third-order valence-corrected chi connectivity index (χ3v) is 4.86. The molecule has 0 N–H and O–H groups in total. The molecule has 1 nitrogen and oxygen atoms in total. The highest BCUT2D eigenvalue weighted by Crippen LogP contribution is 2.33. The summed E-state index contributed by atoms with van der Waals surface area (Å²) in [7, 11) is 0. The van der Waals surface area contributed by atoms with E-state index in [0.29, 0.717) is 5.41 Å². The van der Waals surface area contributed by atoms with Crippen LogP contribution in [0.25, 0.3) is 0 Å². The van der Waals surface area contributed by atoms with Gasteiger partial charge in [-0.15, -0.1) is 0 Å². The number of hydrogen-bond acceptors (Lipinski definition) is 1. The number of rotatable bonds is 6. The molecule has 0 fully saturated rings. The van der Waals surface area contributed by atoms with Crippen LogP contribution in [-0.2, 0) is 6.42 Å². The molecule has 0 saturated carbocycles. The molecule has 14 heavy (non-hydrogen) atoms. The smallest absolute Gasteiger partial charge is 0.104 e. The molecule has 0 bridgehead atoms. The molecule has 1 heterocycles. The predicted octanol–water partition coefficient (Wildman–Crippen LogP) is 4.40. The minimum atomic E-state index is 0.298.